The Kier molecular flexibility index (Phi) is 6.70. The molecule has 8 heteroatoms. The van der Waals surface area contributed by atoms with Crippen LogP contribution >= 0.6 is 0 Å². The van der Waals surface area contributed by atoms with E-state index in [2.05, 4.69) is 15.0 Å². The number of hydrogen-bond donors (Lipinski definition) is 0. The molecule has 1 saturated heterocycles. The van der Waals surface area contributed by atoms with Crippen molar-refractivity contribution in [1.29, 1.82) is 0 Å². The molecule has 0 saturated carbocycles. The zero-order chi connectivity index (χ0) is 24.0. The van der Waals surface area contributed by atoms with Crippen molar-refractivity contribution in [2.45, 2.75) is 25.3 Å². The summed E-state index contributed by atoms with van der Waals surface area (Å²) in [7, 11) is 1.63. The highest BCUT2D eigenvalue weighted by atomic mass is 16.5. The maximum Gasteiger partial charge on any atom is 0.253 e. The highest BCUT2D eigenvalue weighted by molar-refractivity contribution is 5.94. The third kappa shape index (κ3) is 5.48. The SMILES string of the molecule is COc1ccc(Oc2cncc(C3CCN(C(=O)c4cccc(Cn5ccnc5)c4)CC3)n2)cc1. The molecule has 8 nitrogen and oxygen atoms in total. The summed E-state index contributed by atoms with van der Waals surface area (Å²) < 4.78 is 13.0. The van der Waals surface area contributed by atoms with E-state index in [1.165, 1.54) is 0 Å². The third-order valence-corrected chi connectivity index (χ3v) is 6.21. The maximum atomic E-state index is 13.2. The average molecular weight is 470 g/mol. The molecule has 178 valence electrons. The summed E-state index contributed by atoms with van der Waals surface area (Å²) in [6.07, 6.45) is 10.5. The fourth-order valence-corrected chi connectivity index (χ4v) is 4.33. The Morgan fingerprint density at radius 1 is 1.03 bits per heavy atom. The zero-order valence-corrected chi connectivity index (χ0v) is 19.6. The molecule has 2 aromatic carbocycles. The fraction of sp³-hybridized carbons (Fsp3) is 0.259. The molecule has 1 fully saturated rings. The zero-order valence-electron chi connectivity index (χ0n) is 19.6. The number of methoxy groups -OCH3 is 1. The summed E-state index contributed by atoms with van der Waals surface area (Å²) in [6, 6.07) is 15.2. The molecule has 35 heavy (non-hydrogen) atoms. The number of carbonyl (C=O) groups is 1. The Bertz CT molecular complexity index is 1270. The molecule has 0 N–H and O–H groups in total. The second-order valence-corrected chi connectivity index (χ2v) is 8.56. The standard InChI is InChI=1S/C27H27N5O3/c1-34-23-5-7-24(8-6-23)35-26-17-29-16-25(30-26)21-9-12-32(13-10-21)27(33)22-4-2-3-20(15-22)18-31-14-11-28-19-31/h2-8,11,14-17,19,21H,9-10,12-13,18H2,1H3. The van der Waals surface area contributed by atoms with Gasteiger partial charge in [0.1, 0.15) is 11.5 Å². The van der Waals surface area contributed by atoms with E-state index in [0.717, 1.165) is 35.4 Å². The summed E-state index contributed by atoms with van der Waals surface area (Å²) in [5.41, 5.74) is 2.69. The molecule has 0 aliphatic carbocycles. The highest BCUT2D eigenvalue weighted by Gasteiger charge is 2.26. The molecular weight excluding hydrogens is 442 g/mol. The van der Waals surface area contributed by atoms with Gasteiger partial charge in [0, 0.05) is 49.7 Å². The van der Waals surface area contributed by atoms with Crippen LogP contribution in [0.2, 0.25) is 0 Å². The summed E-state index contributed by atoms with van der Waals surface area (Å²) in [5.74, 6) is 2.20. The number of hydrogen-bond acceptors (Lipinski definition) is 6. The van der Waals surface area contributed by atoms with Crippen LogP contribution in [0.1, 0.15) is 40.4 Å². The molecular formula is C27H27N5O3. The van der Waals surface area contributed by atoms with Gasteiger partial charge >= 0.3 is 0 Å². The number of imidazole rings is 1. The van der Waals surface area contributed by atoms with Gasteiger partial charge in [0.2, 0.25) is 5.88 Å². The largest absolute Gasteiger partial charge is 0.497 e. The van der Waals surface area contributed by atoms with Crippen LogP contribution in [0.4, 0.5) is 0 Å². The van der Waals surface area contributed by atoms with Crippen molar-refractivity contribution in [2.75, 3.05) is 20.2 Å². The molecule has 5 rings (SSSR count). The van der Waals surface area contributed by atoms with Crippen molar-refractivity contribution in [3.8, 4) is 17.4 Å². The highest BCUT2D eigenvalue weighted by Crippen LogP contribution is 2.29. The van der Waals surface area contributed by atoms with Crippen LogP contribution in [0, 0.1) is 0 Å². The van der Waals surface area contributed by atoms with Gasteiger partial charge in [-0.3, -0.25) is 9.78 Å². The molecule has 4 aromatic rings. The Morgan fingerprint density at radius 3 is 2.57 bits per heavy atom. The van der Waals surface area contributed by atoms with Gasteiger partial charge in [-0.25, -0.2) is 9.97 Å². The van der Waals surface area contributed by atoms with Crippen LogP contribution in [-0.4, -0.2) is 50.5 Å². The van der Waals surface area contributed by atoms with Crippen molar-refractivity contribution in [2.24, 2.45) is 0 Å². The molecule has 1 aliphatic rings. The minimum Gasteiger partial charge on any atom is -0.497 e. The third-order valence-electron chi connectivity index (χ3n) is 6.21. The quantitative estimate of drug-likeness (QED) is 0.395. The molecule has 0 spiro atoms. The topological polar surface area (TPSA) is 82.4 Å². The minimum atomic E-state index is 0.0682. The fourth-order valence-electron chi connectivity index (χ4n) is 4.33. The van der Waals surface area contributed by atoms with E-state index in [4.69, 9.17) is 9.47 Å². The van der Waals surface area contributed by atoms with Gasteiger partial charge < -0.3 is 18.9 Å². The lowest BCUT2D eigenvalue weighted by molar-refractivity contribution is 0.0711. The summed E-state index contributed by atoms with van der Waals surface area (Å²) in [5, 5.41) is 0. The first-order chi connectivity index (χ1) is 17.2. The lowest BCUT2D eigenvalue weighted by Gasteiger charge is -2.31. The van der Waals surface area contributed by atoms with Crippen molar-refractivity contribution >= 4 is 5.91 Å². The Balaban J connectivity index is 1.19. The number of ether oxygens (including phenoxy) is 2. The monoisotopic (exact) mass is 469 g/mol. The van der Waals surface area contributed by atoms with E-state index in [1.807, 2.05) is 64.2 Å². The normalized spacial score (nSPS) is 14.0. The van der Waals surface area contributed by atoms with Gasteiger partial charge in [0.05, 0.1) is 25.3 Å². The van der Waals surface area contributed by atoms with Crippen LogP contribution in [0.15, 0.2) is 79.6 Å². The average Bonchev–Trinajstić information content (AvgIpc) is 3.42. The summed E-state index contributed by atoms with van der Waals surface area (Å²) in [4.78, 5) is 28.2. The first-order valence-electron chi connectivity index (χ1n) is 11.7. The van der Waals surface area contributed by atoms with Crippen molar-refractivity contribution in [3.05, 3.63) is 96.5 Å². The molecule has 3 heterocycles. The molecule has 0 atom stereocenters. The van der Waals surface area contributed by atoms with Crippen molar-refractivity contribution in [1.82, 2.24) is 24.4 Å². The molecule has 1 aliphatic heterocycles. The maximum absolute atomic E-state index is 13.2. The van der Waals surface area contributed by atoms with E-state index < -0.39 is 0 Å². The number of carbonyl (C=O) groups excluding carboxylic acids is 1. The predicted molar refractivity (Wildman–Crippen MR) is 131 cm³/mol. The number of likely N-dealkylation sites (tertiary alicyclic amines) is 1. The van der Waals surface area contributed by atoms with E-state index in [0.29, 0.717) is 31.3 Å². The minimum absolute atomic E-state index is 0.0682. The van der Waals surface area contributed by atoms with Gasteiger partial charge in [-0.15, -0.1) is 0 Å². The number of nitrogens with zero attached hydrogens (tertiary/aromatic N) is 5. The van der Waals surface area contributed by atoms with E-state index in [1.54, 1.807) is 32.0 Å². The molecule has 0 radical (unpaired) electrons. The van der Waals surface area contributed by atoms with Gasteiger partial charge in [-0.1, -0.05) is 12.1 Å². The molecule has 2 aromatic heterocycles. The number of piperidine rings is 1. The smallest absolute Gasteiger partial charge is 0.253 e. The van der Waals surface area contributed by atoms with Crippen LogP contribution in [0.3, 0.4) is 0 Å². The van der Waals surface area contributed by atoms with Gasteiger partial charge in [0.25, 0.3) is 5.91 Å². The number of benzene rings is 2. The summed E-state index contributed by atoms with van der Waals surface area (Å²) >= 11 is 0. The van der Waals surface area contributed by atoms with Crippen LogP contribution in [0.25, 0.3) is 0 Å². The van der Waals surface area contributed by atoms with Gasteiger partial charge in [-0.05, 0) is 54.8 Å². The van der Waals surface area contributed by atoms with Gasteiger partial charge in [0.15, 0.2) is 0 Å². The first-order valence-corrected chi connectivity index (χ1v) is 11.7. The Labute approximate surface area is 204 Å². The lowest BCUT2D eigenvalue weighted by atomic mass is 9.93. The van der Waals surface area contributed by atoms with Crippen molar-refractivity contribution in [3.63, 3.8) is 0 Å². The van der Waals surface area contributed by atoms with Crippen molar-refractivity contribution < 1.29 is 14.3 Å². The Hall–Kier alpha value is -4.20. The van der Waals surface area contributed by atoms with Crippen LogP contribution in [-0.2, 0) is 6.54 Å². The van der Waals surface area contributed by atoms with E-state index in [-0.39, 0.29) is 11.8 Å². The second kappa shape index (κ2) is 10.4. The predicted octanol–water partition coefficient (Wildman–Crippen LogP) is 4.54. The van der Waals surface area contributed by atoms with E-state index in [9.17, 15) is 4.79 Å². The number of aromatic nitrogens is 4. The van der Waals surface area contributed by atoms with Crippen LogP contribution in [0.5, 0.6) is 17.4 Å². The lowest BCUT2D eigenvalue weighted by Crippen LogP contribution is -2.38. The molecule has 0 bridgehead atoms. The Morgan fingerprint density at radius 2 is 1.83 bits per heavy atom. The second-order valence-electron chi connectivity index (χ2n) is 8.56. The number of amides is 1. The molecule has 0 unspecified atom stereocenters. The summed E-state index contributed by atoms with van der Waals surface area (Å²) in [6.45, 7) is 2.05. The van der Waals surface area contributed by atoms with Crippen LogP contribution < -0.4 is 9.47 Å². The van der Waals surface area contributed by atoms with Gasteiger partial charge in [-0.2, -0.15) is 0 Å². The molecule has 1 amide bonds. The van der Waals surface area contributed by atoms with E-state index >= 15 is 0 Å². The first kappa shape index (κ1) is 22.6. The number of rotatable bonds is 7.